The molecule has 3 unspecified atom stereocenters. The molecule has 5 nitrogen and oxygen atoms in total. The van der Waals surface area contributed by atoms with Gasteiger partial charge in [-0.15, -0.1) is 0 Å². The molecule has 5 heteroatoms. The van der Waals surface area contributed by atoms with Crippen molar-refractivity contribution < 1.29 is 14.3 Å². The molecule has 0 aromatic rings. The summed E-state index contributed by atoms with van der Waals surface area (Å²) in [5.74, 6) is -0.0343. The van der Waals surface area contributed by atoms with E-state index in [0.29, 0.717) is 6.61 Å². The van der Waals surface area contributed by atoms with Gasteiger partial charge in [-0.25, -0.2) is 0 Å². The summed E-state index contributed by atoms with van der Waals surface area (Å²) in [4.78, 5) is 11.8. The van der Waals surface area contributed by atoms with Crippen LogP contribution in [0.1, 0.15) is 40.0 Å². The highest BCUT2D eigenvalue weighted by Gasteiger charge is 2.21. The first-order chi connectivity index (χ1) is 9.13. The Labute approximate surface area is 116 Å². The predicted octanol–water partition coefficient (Wildman–Crippen LogP) is 1.07. The van der Waals surface area contributed by atoms with Gasteiger partial charge < -0.3 is 20.1 Å². The highest BCUT2D eigenvalue weighted by atomic mass is 16.5. The van der Waals surface area contributed by atoms with Crippen LogP contribution in [0.15, 0.2) is 0 Å². The predicted molar refractivity (Wildman–Crippen MR) is 75.2 cm³/mol. The molecule has 1 aliphatic rings. The summed E-state index contributed by atoms with van der Waals surface area (Å²) in [6, 6.07) is 0. The number of rotatable bonds is 8. The zero-order chi connectivity index (χ0) is 14.1. The lowest BCUT2D eigenvalue weighted by Crippen LogP contribution is -2.46. The topological polar surface area (TPSA) is 59.6 Å². The van der Waals surface area contributed by atoms with Gasteiger partial charge in [-0.1, -0.05) is 19.8 Å². The number of morpholine rings is 1. The van der Waals surface area contributed by atoms with Crippen molar-refractivity contribution in [3.8, 4) is 0 Å². The second-order valence-electron chi connectivity index (χ2n) is 5.20. The van der Waals surface area contributed by atoms with Crippen molar-refractivity contribution in [3.05, 3.63) is 0 Å². The molecule has 0 spiro atoms. The second-order valence-corrected chi connectivity index (χ2v) is 5.20. The van der Waals surface area contributed by atoms with Crippen LogP contribution in [-0.2, 0) is 14.3 Å². The first kappa shape index (κ1) is 16.4. The summed E-state index contributed by atoms with van der Waals surface area (Å²) in [6.07, 6.45) is 3.17. The average molecular weight is 272 g/mol. The minimum Gasteiger partial charge on any atom is -0.370 e. The fourth-order valence-corrected chi connectivity index (χ4v) is 2.03. The van der Waals surface area contributed by atoms with E-state index < -0.39 is 6.10 Å². The Bertz CT molecular complexity index is 261. The molecule has 0 aromatic carbocycles. The van der Waals surface area contributed by atoms with Crippen LogP contribution >= 0.6 is 0 Å². The number of amides is 1. The highest BCUT2D eigenvalue weighted by molar-refractivity contribution is 5.80. The second kappa shape index (κ2) is 9.28. The average Bonchev–Trinajstić information content (AvgIpc) is 2.41. The molecule has 0 aromatic heterocycles. The molecular formula is C14H28N2O3. The largest absolute Gasteiger partial charge is 0.370 e. The van der Waals surface area contributed by atoms with Crippen LogP contribution in [0.5, 0.6) is 0 Å². The molecule has 0 bridgehead atoms. The zero-order valence-corrected chi connectivity index (χ0v) is 12.4. The minimum absolute atomic E-state index is 0.0343. The van der Waals surface area contributed by atoms with E-state index in [1.807, 2.05) is 6.92 Å². The maximum absolute atomic E-state index is 11.8. The monoisotopic (exact) mass is 272 g/mol. The Hall–Kier alpha value is -0.650. The van der Waals surface area contributed by atoms with Gasteiger partial charge in [0.15, 0.2) is 0 Å². The van der Waals surface area contributed by atoms with E-state index in [2.05, 4.69) is 17.6 Å². The van der Waals surface area contributed by atoms with Gasteiger partial charge >= 0.3 is 0 Å². The lowest BCUT2D eigenvalue weighted by Gasteiger charge is -2.29. The molecule has 0 aliphatic carbocycles. The van der Waals surface area contributed by atoms with Crippen molar-refractivity contribution in [1.82, 2.24) is 10.6 Å². The van der Waals surface area contributed by atoms with Crippen LogP contribution in [0, 0.1) is 0 Å². The summed E-state index contributed by atoms with van der Waals surface area (Å²) in [5.41, 5.74) is 0. The fraction of sp³-hybridized carbons (Fsp3) is 0.929. The fourth-order valence-electron chi connectivity index (χ4n) is 2.03. The van der Waals surface area contributed by atoms with E-state index in [0.717, 1.165) is 38.9 Å². The lowest BCUT2D eigenvalue weighted by atomic mass is 10.2. The maximum atomic E-state index is 11.8. The molecular weight excluding hydrogens is 244 g/mol. The summed E-state index contributed by atoms with van der Waals surface area (Å²) < 4.78 is 11.3. The van der Waals surface area contributed by atoms with Gasteiger partial charge in [0.05, 0.1) is 18.8 Å². The smallest absolute Gasteiger partial charge is 0.248 e. The molecule has 1 fully saturated rings. The first-order valence-corrected chi connectivity index (χ1v) is 7.39. The molecule has 3 atom stereocenters. The number of hydrogen-bond donors (Lipinski definition) is 2. The quantitative estimate of drug-likeness (QED) is 0.649. The molecule has 1 heterocycles. The third kappa shape index (κ3) is 6.89. The zero-order valence-electron chi connectivity index (χ0n) is 12.4. The first-order valence-electron chi connectivity index (χ1n) is 7.39. The van der Waals surface area contributed by atoms with E-state index in [-0.39, 0.29) is 18.1 Å². The van der Waals surface area contributed by atoms with Crippen LogP contribution < -0.4 is 10.6 Å². The van der Waals surface area contributed by atoms with Crippen molar-refractivity contribution in [1.29, 1.82) is 0 Å². The van der Waals surface area contributed by atoms with Gasteiger partial charge in [-0.3, -0.25) is 4.79 Å². The van der Waals surface area contributed by atoms with E-state index in [9.17, 15) is 4.79 Å². The van der Waals surface area contributed by atoms with E-state index in [1.165, 1.54) is 0 Å². The number of carbonyl (C=O) groups excluding carboxylic acids is 1. The number of carbonyl (C=O) groups is 1. The SMILES string of the molecule is CCCCCNC(=O)C(C)OCC1CNCC(C)O1. The summed E-state index contributed by atoms with van der Waals surface area (Å²) >= 11 is 0. The van der Waals surface area contributed by atoms with Crippen LogP contribution in [0.4, 0.5) is 0 Å². The Morgan fingerprint density at radius 3 is 2.95 bits per heavy atom. The van der Waals surface area contributed by atoms with Crippen LogP contribution in [0.25, 0.3) is 0 Å². The van der Waals surface area contributed by atoms with Crippen molar-refractivity contribution in [2.24, 2.45) is 0 Å². The summed E-state index contributed by atoms with van der Waals surface area (Å²) in [5, 5.41) is 6.17. The molecule has 0 saturated carbocycles. The van der Waals surface area contributed by atoms with Crippen LogP contribution in [0.3, 0.4) is 0 Å². The van der Waals surface area contributed by atoms with Crippen molar-refractivity contribution in [3.63, 3.8) is 0 Å². The van der Waals surface area contributed by atoms with Gasteiger partial charge in [0.2, 0.25) is 5.91 Å². The molecule has 0 radical (unpaired) electrons. The molecule has 1 amide bonds. The van der Waals surface area contributed by atoms with Gasteiger partial charge in [0.25, 0.3) is 0 Å². The van der Waals surface area contributed by atoms with Gasteiger partial charge in [-0.05, 0) is 20.3 Å². The van der Waals surface area contributed by atoms with Gasteiger partial charge in [0.1, 0.15) is 6.10 Å². The van der Waals surface area contributed by atoms with Crippen molar-refractivity contribution in [2.75, 3.05) is 26.2 Å². The van der Waals surface area contributed by atoms with Crippen LogP contribution in [-0.4, -0.2) is 50.5 Å². The maximum Gasteiger partial charge on any atom is 0.248 e. The van der Waals surface area contributed by atoms with Crippen LogP contribution in [0.2, 0.25) is 0 Å². The molecule has 1 aliphatic heterocycles. The van der Waals surface area contributed by atoms with Crippen molar-refractivity contribution >= 4 is 5.91 Å². The van der Waals surface area contributed by atoms with E-state index in [4.69, 9.17) is 9.47 Å². The molecule has 2 N–H and O–H groups in total. The Balaban J connectivity index is 2.11. The summed E-state index contributed by atoms with van der Waals surface area (Å²) in [7, 11) is 0. The van der Waals surface area contributed by atoms with E-state index >= 15 is 0 Å². The minimum atomic E-state index is -0.414. The Morgan fingerprint density at radius 2 is 2.26 bits per heavy atom. The normalized spacial score (nSPS) is 25.0. The standard InChI is InChI=1S/C14H28N2O3/c1-4-5-6-7-16-14(17)12(3)18-10-13-9-15-8-11(2)19-13/h11-13,15H,4-10H2,1-3H3,(H,16,17). The summed E-state index contributed by atoms with van der Waals surface area (Å²) in [6.45, 7) is 8.82. The molecule has 1 saturated heterocycles. The number of hydrogen-bond acceptors (Lipinski definition) is 4. The van der Waals surface area contributed by atoms with Gasteiger partial charge in [-0.2, -0.15) is 0 Å². The lowest BCUT2D eigenvalue weighted by molar-refractivity contribution is -0.136. The number of nitrogens with one attached hydrogen (secondary N) is 2. The molecule has 112 valence electrons. The molecule has 1 rings (SSSR count). The van der Waals surface area contributed by atoms with Gasteiger partial charge in [0, 0.05) is 19.6 Å². The third-order valence-corrected chi connectivity index (χ3v) is 3.21. The molecule has 19 heavy (non-hydrogen) atoms. The van der Waals surface area contributed by atoms with E-state index in [1.54, 1.807) is 6.92 Å². The Morgan fingerprint density at radius 1 is 1.47 bits per heavy atom. The Kier molecular flexibility index (Phi) is 8.02. The van der Waals surface area contributed by atoms with Crippen molar-refractivity contribution in [2.45, 2.75) is 58.3 Å². The third-order valence-electron chi connectivity index (χ3n) is 3.21. The number of ether oxygens (including phenoxy) is 2. The highest BCUT2D eigenvalue weighted by Crippen LogP contribution is 2.05. The number of unbranched alkanes of at least 4 members (excludes halogenated alkanes) is 2.